The molecule has 270 valence electrons. The molecule has 1 atom stereocenters. The first-order valence-electron chi connectivity index (χ1n) is 17.2. The summed E-state index contributed by atoms with van der Waals surface area (Å²) in [4.78, 5) is 51.7. The molecule has 0 aliphatic carbocycles. The Morgan fingerprint density at radius 2 is 1.57 bits per heavy atom. The van der Waals surface area contributed by atoms with Gasteiger partial charge in [-0.3, -0.25) is 19.4 Å². The summed E-state index contributed by atoms with van der Waals surface area (Å²) >= 11 is 0. The number of ether oxygens (including phenoxy) is 5. The van der Waals surface area contributed by atoms with E-state index in [1.165, 1.54) is 7.11 Å². The minimum atomic E-state index is -0.577. The average molecular weight is 700 g/mol. The highest BCUT2D eigenvalue weighted by molar-refractivity contribution is 6.09. The van der Waals surface area contributed by atoms with Crippen LogP contribution >= 0.6 is 0 Å². The Labute approximate surface area is 297 Å². The number of nitrogens with one attached hydrogen (secondary N) is 1. The Morgan fingerprint density at radius 3 is 2.25 bits per heavy atom. The van der Waals surface area contributed by atoms with Crippen molar-refractivity contribution < 1.29 is 42.9 Å². The molecule has 1 N–H and O–H groups in total. The number of amides is 1. The quantitative estimate of drug-likeness (QED) is 0.0779. The van der Waals surface area contributed by atoms with Crippen LogP contribution in [-0.4, -0.2) is 66.6 Å². The number of fused-ring (bicyclic) bond motifs is 1. The number of aromatic nitrogens is 2. The molecule has 1 amide bonds. The van der Waals surface area contributed by atoms with Crippen LogP contribution in [0.1, 0.15) is 76.1 Å². The van der Waals surface area contributed by atoms with E-state index >= 15 is 0 Å². The lowest BCUT2D eigenvalue weighted by Crippen LogP contribution is -2.33. The van der Waals surface area contributed by atoms with Gasteiger partial charge in [-0.25, -0.2) is 15.3 Å². The monoisotopic (exact) mass is 699 g/mol. The van der Waals surface area contributed by atoms with Gasteiger partial charge in [-0.15, -0.1) is 0 Å². The molecule has 2 aromatic heterocycles. The van der Waals surface area contributed by atoms with Crippen LogP contribution in [0.25, 0.3) is 33.3 Å². The van der Waals surface area contributed by atoms with E-state index in [4.69, 9.17) is 33.5 Å². The number of carbonyl (C=O) groups excluding carboxylic acids is 3. The van der Waals surface area contributed by atoms with Crippen molar-refractivity contribution in [2.45, 2.75) is 77.6 Å². The maximum atomic E-state index is 13.5. The summed E-state index contributed by atoms with van der Waals surface area (Å²) in [6.07, 6.45) is 6.71. The van der Waals surface area contributed by atoms with Gasteiger partial charge in [-0.1, -0.05) is 36.4 Å². The standard InChI is InChI=1S/C39H45N3O9/c1-39(2,3)50-33(44)19-18-32(43)48-23-8-7-22-47-29-16-14-27(15-17-29)26-10-12-28(13-11-26)36-37(46-4)35(30-25-40-21-20-31(30)41-36)38(45)42-51-34-9-5-6-24-49-34/h10-17,20-21,25,34H,5-9,18-19,22-24H2,1-4H3,(H,42,45). The topological polar surface area (TPSA) is 144 Å². The van der Waals surface area contributed by atoms with Gasteiger partial charge in [0.15, 0.2) is 12.0 Å². The van der Waals surface area contributed by atoms with Gasteiger partial charge in [0.1, 0.15) is 17.0 Å². The van der Waals surface area contributed by atoms with E-state index in [0.717, 1.165) is 35.3 Å². The van der Waals surface area contributed by atoms with Gasteiger partial charge in [0.2, 0.25) is 0 Å². The van der Waals surface area contributed by atoms with E-state index in [1.807, 2.05) is 48.5 Å². The summed E-state index contributed by atoms with van der Waals surface area (Å²) in [6.45, 7) is 6.68. The van der Waals surface area contributed by atoms with Crippen LogP contribution in [0.3, 0.4) is 0 Å². The number of hydrogen-bond donors (Lipinski definition) is 1. The Balaban J connectivity index is 1.15. The van der Waals surface area contributed by atoms with Crippen molar-refractivity contribution in [3.8, 4) is 33.9 Å². The predicted octanol–water partition coefficient (Wildman–Crippen LogP) is 6.98. The van der Waals surface area contributed by atoms with E-state index in [1.54, 1.807) is 39.2 Å². The molecular formula is C39H45N3O9. The Bertz CT molecular complexity index is 1780. The second kappa shape index (κ2) is 17.7. The maximum Gasteiger partial charge on any atom is 0.306 e. The number of hydroxylamine groups is 1. The Morgan fingerprint density at radius 1 is 0.882 bits per heavy atom. The van der Waals surface area contributed by atoms with Gasteiger partial charge >= 0.3 is 11.9 Å². The van der Waals surface area contributed by atoms with Crippen molar-refractivity contribution in [2.75, 3.05) is 26.9 Å². The highest BCUT2D eigenvalue weighted by Crippen LogP contribution is 2.37. The van der Waals surface area contributed by atoms with Crippen LogP contribution in [0.5, 0.6) is 11.5 Å². The average Bonchev–Trinajstić information content (AvgIpc) is 3.13. The molecule has 0 spiro atoms. The highest BCUT2D eigenvalue weighted by Gasteiger charge is 2.25. The third kappa shape index (κ3) is 10.7. The smallest absolute Gasteiger partial charge is 0.306 e. The van der Waals surface area contributed by atoms with Gasteiger partial charge < -0.3 is 23.7 Å². The molecule has 12 nitrogen and oxygen atoms in total. The molecule has 51 heavy (non-hydrogen) atoms. The predicted molar refractivity (Wildman–Crippen MR) is 190 cm³/mol. The second-order valence-corrected chi connectivity index (χ2v) is 13.1. The minimum Gasteiger partial charge on any atom is -0.494 e. The molecular weight excluding hydrogens is 654 g/mol. The largest absolute Gasteiger partial charge is 0.494 e. The molecule has 12 heteroatoms. The Hall–Kier alpha value is -5.07. The Kier molecular flexibility index (Phi) is 12.9. The van der Waals surface area contributed by atoms with Crippen molar-refractivity contribution in [2.24, 2.45) is 0 Å². The molecule has 1 saturated heterocycles. The fourth-order valence-electron chi connectivity index (χ4n) is 5.50. The number of hydrogen-bond acceptors (Lipinski definition) is 11. The molecule has 1 fully saturated rings. The molecule has 1 aliphatic rings. The molecule has 3 heterocycles. The van der Waals surface area contributed by atoms with Crippen LogP contribution in [0, 0.1) is 0 Å². The highest BCUT2D eigenvalue weighted by atomic mass is 16.8. The zero-order valence-corrected chi connectivity index (χ0v) is 29.6. The van der Waals surface area contributed by atoms with Crippen LogP contribution in [0.15, 0.2) is 67.0 Å². The van der Waals surface area contributed by atoms with E-state index in [9.17, 15) is 14.4 Å². The number of pyridine rings is 2. The molecule has 1 unspecified atom stereocenters. The summed E-state index contributed by atoms with van der Waals surface area (Å²) in [5.74, 6) is -0.265. The molecule has 2 aromatic carbocycles. The minimum absolute atomic E-state index is 0.000761. The SMILES string of the molecule is COc1c(-c2ccc(-c3ccc(OCCCCOC(=O)CCC(=O)OC(C)(C)C)cc3)cc2)nc2ccncc2c1C(=O)NOC1CCCCO1. The summed E-state index contributed by atoms with van der Waals surface area (Å²) in [7, 11) is 1.51. The number of nitrogens with zero attached hydrogens (tertiary/aromatic N) is 2. The molecule has 1 aliphatic heterocycles. The van der Waals surface area contributed by atoms with Crippen LogP contribution in [0.2, 0.25) is 0 Å². The van der Waals surface area contributed by atoms with E-state index in [-0.39, 0.29) is 25.0 Å². The van der Waals surface area contributed by atoms with Crippen LogP contribution in [0.4, 0.5) is 0 Å². The molecule has 0 bridgehead atoms. The lowest BCUT2D eigenvalue weighted by Gasteiger charge is -2.22. The van der Waals surface area contributed by atoms with Crippen LogP contribution < -0.4 is 15.0 Å². The van der Waals surface area contributed by atoms with Crippen molar-refractivity contribution in [3.05, 3.63) is 72.6 Å². The van der Waals surface area contributed by atoms with Crippen molar-refractivity contribution in [3.63, 3.8) is 0 Å². The number of carbonyl (C=O) groups is 3. The molecule has 0 radical (unpaired) electrons. The normalized spacial score (nSPS) is 14.5. The maximum absolute atomic E-state index is 13.5. The van der Waals surface area contributed by atoms with Crippen molar-refractivity contribution in [1.82, 2.24) is 15.4 Å². The summed E-state index contributed by atoms with van der Waals surface area (Å²) in [6, 6.07) is 17.4. The fraction of sp³-hybridized carbons (Fsp3) is 0.410. The van der Waals surface area contributed by atoms with E-state index < -0.39 is 29.7 Å². The van der Waals surface area contributed by atoms with Gasteiger partial charge in [-0.2, -0.15) is 0 Å². The van der Waals surface area contributed by atoms with Gasteiger partial charge in [-0.05, 0) is 75.8 Å². The summed E-state index contributed by atoms with van der Waals surface area (Å²) < 4.78 is 27.7. The number of benzene rings is 2. The molecule has 5 rings (SSSR count). The lowest BCUT2D eigenvalue weighted by molar-refractivity contribution is -0.186. The van der Waals surface area contributed by atoms with Gasteiger partial charge in [0.25, 0.3) is 5.91 Å². The number of esters is 2. The molecule has 0 saturated carbocycles. The first-order chi connectivity index (χ1) is 24.6. The van der Waals surface area contributed by atoms with Crippen molar-refractivity contribution >= 4 is 28.7 Å². The first-order valence-corrected chi connectivity index (χ1v) is 17.2. The number of unbranched alkanes of at least 4 members (excludes halogenated alkanes) is 1. The first kappa shape index (κ1) is 37.2. The molecule has 4 aromatic rings. The van der Waals surface area contributed by atoms with E-state index in [2.05, 4.69) is 10.5 Å². The number of methoxy groups -OCH3 is 1. The van der Waals surface area contributed by atoms with Gasteiger partial charge in [0, 0.05) is 36.4 Å². The van der Waals surface area contributed by atoms with Crippen molar-refractivity contribution in [1.29, 1.82) is 0 Å². The lowest BCUT2D eigenvalue weighted by atomic mass is 10.00. The van der Waals surface area contributed by atoms with Crippen LogP contribution in [-0.2, 0) is 28.6 Å². The summed E-state index contributed by atoms with van der Waals surface area (Å²) in [5.41, 5.74) is 6.11. The zero-order valence-electron chi connectivity index (χ0n) is 29.6. The third-order valence-electron chi connectivity index (χ3n) is 7.96. The third-order valence-corrected chi connectivity index (χ3v) is 7.96. The zero-order chi connectivity index (χ0) is 36.2. The number of rotatable bonds is 15. The fourth-order valence-corrected chi connectivity index (χ4v) is 5.50. The van der Waals surface area contributed by atoms with E-state index in [0.29, 0.717) is 54.8 Å². The second-order valence-electron chi connectivity index (χ2n) is 13.1. The summed E-state index contributed by atoms with van der Waals surface area (Å²) in [5, 5.41) is 0.540. The van der Waals surface area contributed by atoms with Gasteiger partial charge in [0.05, 0.1) is 44.2 Å².